The van der Waals surface area contributed by atoms with Crippen molar-refractivity contribution in [2.45, 2.75) is 25.4 Å². The van der Waals surface area contributed by atoms with E-state index in [1.807, 2.05) is 30.3 Å². The van der Waals surface area contributed by atoms with E-state index in [1.165, 1.54) is 4.90 Å². The molecule has 1 aliphatic heterocycles. The van der Waals surface area contributed by atoms with Gasteiger partial charge in [-0.3, -0.25) is 9.59 Å². The van der Waals surface area contributed by atoms with Crippen LogP contribution in [0.15, 0.2) is 30.3 Å². The van der Waals surface area contributed by atoms with Gasteiger partial charge in [-0.1, -0.05) is 30.3 Å². The van der Waals surface area contributed by atoms with Gasteiger partial charge in [0.2, 0.25) is 11.8 Å². The average molecular weight is 319 g/mol. The molecule has 0 radical (unpaired) electrons. The lowest BCUT2D eigenvalue weighted by Gasteiger charge is -2.29. The number of carbonyl (C=O) groups excluding carboxylic acids is 2. The molecule has 0 saturated carbocycles. The average Bonchev–Trinajstić information content (AvgIpc) is 2.60. The van der Waals surface area contributed by atoms with Crippen molar-refractivity contribution >= 4 is 11.8 Å². The first-order chi connectivity index (χ1) is 11.1. The molecule has 3 N–H and O–H groups in total. The van der Waals surface area contributed by atoms with Crippen LogP contribution >= 0.6 is 0 Å². The Morgan fingerprint density at radius 3 is 2.61 bits per heavy atom. The van der Waals surface area contributed by atoms with Crippen molar-refractivity contribution in [2.75, 3.05) is 26.8 Å². The largest absolute Gasteiger partial charge is 0.381 e. The van der Waals surface area contributed by atoms with Crippen LogP contribution in [0.4, 0.5) is 0 Å². The fourth-order valence-corrected chi connectivity index (χ4v) is 2.68. The first-order valence-corrected chi connectivity index (χ1v) is 7.97. The molecule has 1 fully saturated rings. The zero-order valence-corrected chi connectivity index (χ0v) is 13.5. The standard InChI is InChI=1S/C17H25N3O3/c1-20(17(22)16(18)14-7-9-23-10-8-14)12-15(21)19-11-13-5-3-2-4-6-13/h2-6,14,16H,7-12,18H2,1H3,(H,19,21). The van der Waals surface area contributed by atoms with Crippen LogP contribution in [0.5, 0.6) is 0 Å². The van der Waals surface area contributed by atoms with E-state index >= 15 is 0 Å². The summed E-state index contributed by atoms with van der Waals surface area (Å²) in [5.41, 5.74) is 7.08. The maximum Gasteiger partial charge on any atom is 0.239 e. The van der Waals surface area contributed by atoms with E-state index in [0.717, 1.165) is 18.4 Å². The highest BCUT2D eigenvalue weighted by Crippen LogP contribution is 2.18. The lowest BCUT2D eigenvalue weighted by atomic mass is 9.91. The maximum absolute atomic E-state index is 12.3. The molecule has 1 atom stereocenters. The van der Waals surface area contributed by atoms with E-state index < -0.39 is 6.04 Å². The Kier molecular flexibility index (Phi) is 6.55. The van der Waals surface area contributed by atoms with Gasteiger partial charge in [-0.25, -0.2) is 0 Å². The monoisotopic (exact) mass is 319 g/mol. The van der Waals surface area contributed by atoms with Gasteiger partial charge in [-0.05, 0) is 24.3 Å². The van der Waals surface area contributed by atoms with Crippen LogP contribution in [0.25, 0.3) is 0 Å². The van der Waals surface area contributed by atoms with E-state index in [1.54, 1.807) is 7.05 Å². The van der Waals surface area contributed by atoms with E-state index in [2.05, 4.69) is 5.32 Å². The third-order valence-electron chi connectivity index (χ3n) is 4.15. The summed E-state index contributed by atoms with van der Waals surface area (Å²) in [7, 11) is 1.61. The summed E-state index contributed by atoms with van der Waals surface area (Å²) in [5.74, 6) is -0.248. The molecule has 1 saturated heterocycles. The van der Waals surface area contributed by atoms with Gasteiger partial charge in [0, 0.05) is 26.8 Å². The minimum atomic E-state index is -0.564. The lowest BCUT2D eigenvalue weighted by Crippen LogP contribution is -2.50. The Balaban J connectivity index is 1.76. The predicted molar refractivity (Wildman–Crippen MR) is 87.4 cm³/mol. The van der Waals surface area contributed by atoms with Crippen LogP contribution in [0.1, 0.15) is 18.4 Å². The van der Waals surface area contributed by atoms with E-state index in [-0.39, 0.29) is 24.3 Å². The zero-order valence-electron chi connectivity index (χ0n) is 13.5. The predicted octanol–water partition coefficient (Wildman–Crippen LogP) is 0.515. The van der Waals surface area contributed by atoms with E-state index in [4.69, 9.17) is 10.5 Å². The van der Waals surface area contributed by atoms with Gasteiger partial charge >= 0.3 is 0 Å². The van der Waals surface area contributed by atoms with Crippen LogP contribution in [-0.2, 0) is 20.9 Å². The van der Waals surface area contributed by atoms with Gasteiger partial charge in [-0.15, -0.1) is 0 Å². The third kappa shape index (κ3) is 5.33. The third-order valence-corrected chi connectivity index (χ3v) is 4.15. The lowest BCUT2D eigenvalue weighted by molar-refractivity contribution is -0.137. The van der Waals surface area contributed by atoms with Crippen molar-refractivity contribution < 1.29 is 14.3 Å². The van der Waals surface area contributed by atoms with Crippen LogP contribution in [0.2, 0.25) is 0 Å². The Bertz CT molecular complexity index is 515. The number of nitrogens with zero attached hydrogens (tertiary/aromatic N) is 1. The quantitative estimate of drug-likeness (QED) is 0.800. The minimum absolute atomic E-state index is 0.0165. The van der Waals surface area contributed by atoms with Gasteiger partial charge in [0.1, 0.15) is 0 Å². The molecular formula is C17H25N3O3. The fourth-order valence-electron chi connectivity index (χ4n) is 2.68. The second-order valence-electron chi connectivity index (χ2n) is 5.93. The molecule has 0 aliphatic carbocycles. The summed E-state index contributed by atoms with van der Waals surface area (Å²) in [6.07, 6.45) is 1.59. The van der Waals surface area contributed by atoms with Crippen LogP contribution in [0, 0.1) is 5.92 Å². The summed E-state index contributed by atoms with van der Waals surface area (Å²) in [6.45, 7) is 1.76. The molecular weight excluding hydrogens is 294 g/mol. The first kappa shape index (κ1) is 17.4. The number of hydrogen-bond donors (Lipinski definition) is 2. The topological polar surface area (TPSA) is 84.7 Å². The summed E-state index contributed by atoms with van der Waals surface area (Å²) in [6, 6.07) is 9.08. The molecule has 0 aromatic heterocycles. The molecule has 6 heteroatoms. The van der Waals surface area contributed by atoms with Crippen molar-refractivity contribution in [1.82, 2.24) is 10.2 Å². The van der Waals surface area contributed by atoms with Crippen molar-refractivity contribution in [3.8, 4) is 0 Å². The SMILES string of the molecule is CN(CC(=O)NCc1ccccc1)C(=O)C(N)C1CCOCC1. The van der Waals surface area contributed by atoms with Crippen LogP contribution < -0.4 is 11.1 Å². The number of rotatable bonds is 6. The van der Waals surface area contributed by atoms with E-state index in [9.17, 15) is 9.59 Å². The number of amides is 2. The highest BCUT2D eigenvalue weighted by Gasteiger charge is 2.29. The van der Waals surface area contributed by atoms with E-state index in [0.29, 0.717) is 19.8 Å². The molecule has 1 aromatic carbocycles. The molecule has 1 heterocycles. The van der Waals surface area contributed by atoms with Crippen molar-refractivity contribution in [3.05, 3.63) is 35.9 Å². The molecule has 1 aliphatic rings. The molecule has 2 amide bonds. The summed E-state index contributed by atoms with van der Waals surface area (Å²) in [5, 5.41) is 2.81. The number of benzene rings is 1. The highest BCUT2D eigenvalue weighted by molar-refractivity contribution is 5.87. The summed E-state index contributed by atoms with van der Waals surface area (Å²) in [4.78, 5) is 25.7. The first-order valence-electron chi connectivity index (χ1n) is 7.97. The minimum Gasteiger partial charge on any atom is -0.381 e. The molecule has 1 unspecified atom stereocenters. The van der Waals surface area contributed by atoms with Gasteiger partial charge in [0.15, 0.2) is 0 Å². The van der Waals surface area contributed by atoms with Crippen LogP contribution in [-0.4, -0.2) is 49.6 Å². The number of nitrogens with two attached hydrogens (primary N) is 1. The number of ether oxygens (including phenoxy) is 1. The number of nitrogens with one attached hydrogen (secondary N) is 1. The zero-order chi connectivity index (χ0) is 16.7. The van der Waals surface area contributed by atoms with Crippen molar-refractivity contribution in [3.63, 3.8) is 0 Å². The maximum atomic E-state index is 12.3. The second kappa shape index (κ2) is 8.64. The fraction of sp³-hybridized carbons (Fsp3) is 0.529. The Morgan fingerprint density at radius 1 is 1.30 bits per heavy atom. The molecule has 1 aromatic rings. The second-order valence-corrected chi connectivity index (χ2v) is 5.93. The smallest absolute Gasteiger partial charge is 0.239 e. The number of carbonyl (C=O) groups is 2. The normalized spacial score (nSPS) is 16.6. The number of likely N-dealkylation sites (N-methyl/N-ethyl adjacent to an activating group) is 1. The Morgan fingerprint density at radius 2 is 1.96 bits per heavy atom. The van der Waals surface area contributed by atoms with Gasteiger partial charge in [0.05, 0.1) is 12.6 Å². The van der Waals surface area contributed by atoms with Gasteiger partial charge < -0.3 is 20.7 Å². The van der Waals surface area contributed by atoms with Crippen molar-refractivity contribution in [2.24, 2.45) is 11.7 Å². The highest BCUT2D eigenvalue weighted by atomic mass is 16.5. The Labute approximate surface area is 137 Å². The molecule has 0 spiro atoms. The van der Waals surface area contributed by atoms with Crippen LogP contribution in [0.3, 0.4) is 0 Å². The summed E-state index contributed by atoms with van der Waals surface area (Å²) < 4.78 is 5.28. The molecule has 23 heavy (non-hydrogen) atoms. The number of hydrogen-bond acceptors (Lipinski definition) is 4. The van der Waals surface area contributed by atoms with Crippen molar-refractivity contribution in [1.29, 1.82) is 0 Å². The molecule has 126 valence electrons. The van der Waals surface area contributed by atoms with Gasteiger partial charge in [0.25, 0.3) is 0 Å². The molecule has 6 nitrogen and oxygen atoms in total. The Hall–Kier alpha value is -1.92. The van der Waals surface area contributed by atoms with Gasteiger partial charge in [-0.2, -0.15) is 0 Å². The molecule has 2 rings (SSSR count). The molecule has 0 bridgehead atoms. The summed E-state index contributed by atoms with van der Waals surface area (Å²) >= 11 is 0.